The van der Waals surface area contributed by atoms with Crippen LogP contribution >= 0.6 is 12.2 Å². The van der Waals surface area contributed by atoms with Crippen LogP contribution in [0.25, 0.3) is 5.69 Å². The van der Waals surface area contributed by atoms with Gasteiger partial charge >= 0.3 is 0 Å². The first-order chi connectivity index (χ1) is 8.56. The van der Waals surface area contributed by atoms with Crippen LogP contribution < -0.4 is 11.3 Å². The first-order valence-corrected chi connectivity index (χ1v) is 5.63. The van der Waals surface area contributed by atoms with Crippen LogP contribution in [0.4, 0.5) is 5.82 Å². The van der Waals surface area contributed by atoms with Crippen LogP contribution in [0.5, 0.6) is 0 Å². The second-order valence-electron chi connectivity index (χ2n) is 3.80. The van der Waals surface area contributed by atoms with Crippen molar-refractivity contribution in [3.63, 3.8) is 0 Å². The predicted molar refractivity (Wildman–Crippen MR) is 71.8 cm³/mol. The molecule has 0 atom stereocenters. The van der Waals surface area contributed by atoms with Crippen LogP contribution in [0.1, 0.15) is 15.9 Å². The van der Waals surface area contributed by atoms with Crippen molar-refractivity contribution in [2.45, 2.75) is 6.92 Å². The third-order valence-corrected chi connectivity index (χ3v) is 2.94. The number of anilines is 1. The van der Waals surface area contributed by atoms with Gasteiger partial charge in [-0.2, -0.15) is 0 Å². The Morgan fingerprint density at radius 1 is 1.39 bits per heavy atom. The van der Waals surface area contributed by atoms with E-state index in [1.54, 1.807) is 0 Å². The maximum absolute atomic E-state index is 11.5. The maximum Gasteiger partial charge on any atom is 0.264 e. The molecule has 3 N–H and O–H groups in total. The molecule has 0 aliphatic heterocycles. The molecule has 0 aliphatic carbocycles. The number of hydrogen-bond acceptors (Lipinski definition) is 4. The van der Waals surface area contributed by atoms with Crippen molar-refractivity contribution >= 4 is 24.3 Å². The Morgan fingerprint density at radius 3 is 2.67 bits per heavy atom. The molecular formula is C12H11N3O2S. The number of nitrogens with two attached hydrogens (primary N) is 1. The van der Waals surface area contributed by atoms with Crippen molar-refractivity contribution in [3.8, 4) is 5.69 Å². The molecule has 0 unspecified atom stereocenters. The molecule has 1 heterocycles. The zero-order valence-corrected chi connectivity index (χ0v) is 10.5. The number of aromatic amines is 1. The van der Waals surface area contributed by atoms with Gasteiger partial charge in [0.1, 0.15) is 11.4 Å². The van der Waals surface area contributed by atoms with E-state index in [0.29, 0.717) is 6.29 Å². The molecule has 0 bridgehead atoms. The maximum atomic E-state index is 11.5. The van der Waals surface area contributed by atoms with Gasteiger partial charge in [-0.1, -0.05) is 18.2 Å². The normalized spacial score (nSPS) is 10.3. The number of carbonyl (C=O) groups excluding carboxylic acids is 1. The van der Waals surface area contributed by atoms with Gasteiger partial charge in [-0.15, -0.1) is 0 Å². The molecular weight excluding hydrogens is 250 g/mol. The van der Waals surface area contributed by atoms with Gasteiger partial charge in [0, 0.05) is 0 Å². The van der Waals surface area contributed by atoms with E-state index < -0.39 is 5.56 Å². The predicted octanol–water partition coefficient (Wildman–Crippen LogP) is 1.60. The van der Waals surface area contributed by atoms with E-state index in [0.717, 1.165) is 11.3 Å². The summed E-state index contributed by atoms with van der Waals surface area (Å²) in [5, 5.41) is 0. The summed E-state index contributed by atoms with van der Waals surface area (Å²) >= 11 is 5.09. The number of nitrogens with one attached hydrogen (secondary N) is 1. The lowest BCUT2D eigenvalue weighted by molar-refractivity contribution is 0.112. The molecule has 1 aromatic heterocycles. The summed E-state index contributed by atoms with van der Waals surface area (Å²) in [4.78, 5) is 24.8. The summed E-state index contributed by atoms with van der Waals surface area (Å²) < 4.78 is 1.65. The van der Waals surface area contributed by atoms with Crippen LogP contribution in [0, 0.1) is 11.7 Å². The molecule has 0 radical (unpaired) electrons. The number of aromatic nitrogens is 2. The van der Waals surface area contributed by atoms with Crippen LogP contribution in [0.15, 0.2) is 29.1 Å². The molecule has 0 amide bonds. The highest BCUT2D eigenvalue weighted by Gasteiger charge is 2.12. The molecule has 92 valence electrons. The summed E-state index contributed by atoms with van der Waals surface area (Å²) in [6.45, 7) is 1.89. The van der Waals surface area contributed by atoms with E-state index in [2.05, 4.69) is 4.98 Å². The monoisotopic (exact) mass is 261 g/mol. The molecule has 0 aliphatic rings. The molecule has 2 aromatic rings. The summed E-state index contributed by atoms with van der Waals surface area (Å²) in [6.07, 6.45) is 0.428. The van der Waals surface area contributed by atoms with Crippen molar-refractivity contribution in [2.75, 3.05) is 5.73 Å². The highest BCUT2D eigenvalue weighted by molar-refractivity contribution is 7.71. The smallest absolute Gasteiger partial charge is 0.264 e. The van der Waals surface area contributed by atoms with Gasteiger partial charge in [-0.3, -0.25) is 19.1 Å². The number of nitrogens with zero attached hydrogens (tertiary/aromatic N) is 1. The average molecular weight is 261 g/mol. The largest absolute Gasteiger partial charge is 0.384 e. The van der Waals surface area contributed by atoms with Crippen molar-refractivity contribution in [1.82, 2.24) is 9.55 Å². The minimum Gasteiger partial charge on any atom is -0.384 e. The van der Waals surface area contributed by atoms with Gasteiger partial charge in [0.2, 0.25) is 0 Å². The minimum absolute atomic E-state index is 0.0491. The zero-order chi connectivity index (χ0) is 13.3. The number of benzene rings is 1. The Hall–Kier alpha value is -2.21. The van der Waals surface area contributed by atoms with E-state index in [1.165, 1.54) is 4.57 Å². The van der Waals surface area contributed by atoms with Crippen LogP contribution in [-0.4, -0.2) is 15.8 Å². The van der Waals surface area contributed by atoms with E-state index in [1.807, 2.05) is 31.2 Å². The number of hydrogen-bond donors (Lipinski definition) is 2. The number of carbonyl (C=O) groups is 1. The Kier molecular flexibility index (Phi) is 3.12. The first kappa shape index (κ1) is 12.3. The number of aryl methyl sites for hydroxylation is 1. The Morgan fingerprint density at radius 2 is 2.06 bits per heavy atom. The van der Waals surface area contributed by atoms with Gasteiger partial charge in [-0.25, -0.2) is 0 Å². The molecule has 0 spiro atoms. The fourth-order valence-electron chi connectivity index (χ4n) is 1.73. The molecule has 5 nitrogen and oxygen atoms in total. The molecule has 0 saturated carbocycles. The number of para-hydroxylation sites is 1. The topological polar surface area (TPSA) is 80.9 Å². The van der Waals surface area contributed by atoms with Crippen molar-refractivity contribution < 1.29 is 4.79 Å². The number of H-pyrrole nitrogens is 1. The highest BCUT2D eigenvalue weighted by atomic mass is 32.1. The summed E-state index contributed by atoms with van der Waals surface area (Å²) in [7, 11) is 0. The van der Waals surface area contributed by atoms with E-state index >= 15 is 0 Å². The Labute approximate surface area is 108 Å². The quantitative estimate of drug-likeness (QED) is 0.635. The minimum atomic E-state index is -0.572. The molecule has 0 saturated heterocycles. The second kappa shape index (κ2) is 4.58. The summed E-state index contributed by atoms with van der Waals surface area (Å²) in [5.41, 5.74) is 6.82. The molecule has 1 aromatic carbocycles. The standard InChI is InChI=1S/C12H11N3O2S/c1-7-4-2-3-5-9(7)15-10(13)8(6-16)11(17)14-12(15)18/h2-6H,13H2,1H3,(H,14,17,18). The van der Waals surface area contributed by atoms with Gasteiger partial charge in [-0.05, 0) is 30.8 Å². The number of aldehydes is 1. The Bertz CT molecular complexity index is 731. The van der Waals surface area contributed by atoms with Crippen molar-refractivity contribution in [2.24, 2.45) is 0 Å². The van der Waals surface area contributed by atoms with Crippen LogP contribution in [0.3, 0.4) is 0 Å². The summed E-state index contributed by atoms with van der Waals surface area (Å²) in [6, 6.07) is 7.41. The van der Waals surface area contributed by atoms with Gasteiger partial charge < -0.3 is 5.73 Å². The molecule has 18 heavy (non-hydrogen) atoms. The molecule has 2 rings (SSSR count). The zero-order valence-electron chi connectivity index (χ0n) is 9.64. The fraction of sp³-hybridized carbons (Fsp3) is 0.0833. The van der Waals surface area contributed by atoms with Crippen molar-refractivity contribution in [3.05, 3.63) is 50.5 Å². The second-order valence-corrected chi connectivity index (χ2v) is 4.18. The first-order valence-electron chi connectivity index (χ1n) is 5.22. The van der Waals surface area contributed by atoms with E-state index in [4.69, 9.17) is 18.0 Å². The average Bonchev–Trinajstić information content (AvgIpc) is 2.31. The Balaban J connectivity index is 2.89. The summed E-state index contributed by atoms with van der Waals surface area (Å²) in [5.74, 6) is 0.0491. The fourth-order valence-corrected chi connectivity index (χ4v) is 2.02. The lowest BCUT2D eigenvalue weighted by Crippen LogP contribution is -2.21. The number of nitrogen functional groups attached to an aromatic ring is 1. The highest BCUT2D eigenvalue weighted by Crippen LogP contribution is 2.18. The molecule has 0 fully saturated rings. The van der Waals surface area contributed by atoms with E-state index in [-0.39, 0.29) is 16.2 Å². The lowest BCUT2D eigenvalue weighted by atomic mass is 10.2. The lowest BCUT2D eigenvalue weighted by Gasteiger charge is -2.13. The van der Waals surface area contributed by atoms with E-state index in [9.17, 15) is 9.59 Å². The van der Waals surface area contributed by atoms with Gasteiger partial charge in [0.05, 0.1) is 5.69 Å². The third kappa shape index (κ3) is 1.86. The van der Waals surface area contributed by atoms with Crippen LogP contribution in [0.2, 0.25) is 0 Å². The number of rotatable bonds is 2. The van der Waals surface area contributed by atoms with Crippen LogP contribution in [-0.2, 0) is 0 Å². The SMILES string of the molecule is Cc1ccccc1-n1c(N)c(C=O)c(=O)[nH]c1=S. The van der Waals surface area contributed by atoms with Crippen molar-refractivity contribution in [1.29, 1.82) is 0 Å². The van der Waals surface area contributed by atoms with Gasteiger partial charge in [0.25, 0.3) is 5.56 Å². The van der Waals surface area contributed by atoms with Gasteiger partial charge in [0.15, 0.2) is 11.1 Å². The molecule has 6 heteroatoms. The third-order valence-electron chi connectivity index (χ3n) is 2.66.